The molecule has 0 heterocycles. The zero-order valence-electron chi connectivity index (χ0n) is 11.4. The van der Waals surface area contributed by atoms with Crippen molar-refractivity contribution >= 4 is 0 Å². The van der Waals surface area contributed by atoms with Gasteiger partial charge in [-0.15, -0.1) is 26.3 Å². The molecule has 1 saturated carbocycles. The summed E-state index contributed by atoms with van der Waals surface area (Å²) in [5.41, 5.74) is -0.0101. The molecule has 1 fully saturated rings. The average molecular weight is 329 g/mol. The normalized spacial score (nSPS) is 17.2. The highest BCUT2D eigenvalue weighted by atomic mass is 19.4. The van der Waals surface area contributed by atoms with E-state index < -0.39 is 30.3 Å². The van der Waals surface area contributed by atoms with Gasteiger partial charge in [0.2, 0.25) is 0 Å². The van der Waals surface area contributed by atoms with Gasteiger partial charge in [0, 0.05) is 11.6 Å². The molecule has 9 heteroatoms. The third kappa shape index (κ3) is 4.43. The standard InChI is InChI=1S/C13H13F6NO2/c1-20-10(7-5-6-7)8-3-2-4-9(21-12(14,15)16)11(8)22-13(17,18)19/h2-4,7,10,20H,5-6H2,1H3. The zero-order chi connectivity index (χ0) is 16.5. The fourth-order valence-electron chi connectivity index (χ4n) is 2.28. The van der Waals surface area contributed by atoms with E-state index >= 15 is 0 Å². The van der Waals surface area contributed by atoms with Gasteiger partial charge in [-0.1, -0.05) is 12.1 Å². The van der Waals surface area contributed by atoms with Crippen LogP contribution < -0.4 is 14.8 Å². The molecule has 0 saturated heterocycles. The summed E-state index contributed by atoms with van der Waals surface area (Å²) < 4.78 is 82.2. The third-order valence-electron chi connectivity index (χ3n) is 3.19. The van der Waals surface area contributed by atoms with Crippen molar-refractivity contribution in [1.29, 1.82) is 0 Å². The van der Waals surface area contributed by atoms with Crippen LogP contribution in [0.4, 0.5) is 26.3 Å². The highest BCUT2D eigenvalue weighted by molar-refractivity contribution is 5.49. The largest absolute Gasteiger partial charge is 0.573 e. The third-order valence-corrected chi connectivity index (χ3v) is 3.19. The van der Waals surface area contributed by atoms with Crippen LogP contribution in [0.2, 0.25) is 0 Å². The van der Waals surface area contributed by atoms with Crippen LogP contribution in [0.15, 0.2) is 18.2 Å². The second kappa shape index (κ2) is 5.86. The maximum atomic E-state index is 12.5. The molecule has 124 valence electrons. The van der Waals surface area contributed by atoms with Crippen molar-refractivity contribution in [3.63, 3.8) is 0 Å². The topological polar surface area (TPSA) is 30.5 Å². The van der Waals surface area contributed by atoms with Crippen molar-refractivity contribution < 1.29 is 35.8 Å². The van der Waals surface area contributed by atoms with Crippen LogP contribution in [-0.2, 0) is 0 Å². The van der Waals surface area contributed by atoms with Crippen LogP contribution in [0.1, 0.15) is 24.4 Å². The lowest BCUT2D eigenvalue weighted by atomic mass is 10.0. The van der Waals surface area contributed by atoms with E-state index in [-0.39, 0.29) is 11.5 Å². The van der Waals surface area contributed by atoms with Crippen LogP contribution in [-0.4, -0.2) is 19.8 Å². The van der Waals surface area contributed by atoms with E-state index in [0.29, 0.717) is 0 Å². The molecule has 1 N–H and O–H groups in total. The molecule has 0 aromatic heterocycles. The van der Waals surface area contributed by atoms with Gasteiger partial charge in [0.05, 0.1) is 0 Å². The number of alkyl halides is 6. The van der Waals surface area contributed by atoms with E-state index in [1.54, 1.807) is 0 Å². The lowest BCUT2D eigenvalue weighted by molar-refractivity contribution is -0.287. The molecule has 0 aliphatic heterocycles. The number of nitrogens with one attached hydrogen (secondary N) is 1. The number of ether oxygens (including phenoxy) is 2. The van der Waals surface area contributed by atoms with Crippen LogP contribution in [0, 0.1) is 5.92 Å². The van der Waals surface area contributed by atoms with E-state index in [1.165, 1.54) is 19.2 Å². The van der Waals surface area contributed by atoms with Gasteiger partial charge in [-0.3, -0.25) is 0 Å². The maximum Gasteiger partial charge on any atom is 0.573 e. The first-order chi connectivity index (χ1) is 10.1. The molecule has 3 nitrogen and oxygen atoms in total. The van der Waals surface area contributed by atoms with Crippen molar-refractivity contribution in [2.75, 3.05) is 7.05 Å². The lowest BCUT2D eigenvalue weighted by Crippen LogP contribution is -2.25. The second-order valence-electron chi connectivity index (χ2n) is 4.87. The maximum absolute atomic E-state index is 12.5. The number of halogens is 6. The molecule has 1 atom stereocenters. The summed E-state index contributed by atoms with van der Waals surface area (Å²) in [6.07, 6.45) is -8.68. The molecule has 0 amide bonds. The van der Waals surface area contributed by atoms with Crippen LogP contribution >= 0.6 is 0 Å². The van der Waals surface area contributed by atoms with Crippen molar-refractivity contribution in [3.05, 3.63) is 23.8 Å². The average Bonchev–Trinajstić information content (AvgIpc) is 3.15. The van der Waals surface area contributed by atoms with Gasteiger partial charge >= 0.3 is 12.7 Å². The number of hydrogen-bond acceptors (Lipinski definition) is 3. The number of benzene rings is 1. The molecule has 1 aliphatic carbocycles. The lowest BCUT2D eigenvalue weighted by Gasteiger charge is -2.23. The molecule has 1 aliphatic rings. The molecule has 0 bridgehead atoms. The minimum Gasteiger partial charge on any atom is -0.402 e. The number of para-hydroxylation sites is 1. The quantitative estimate of drug-likeness (QED) is 0.823. The van der Waals surface area contributed by atoms with Gasteiger partial charge in [0.1, 0.15) is 0 Å². The Balaban J connectivity index is 2.44. The molecule has 0 radical (unpaired) electrons. The predicted octanol–water partition coefficient (Wildman–Crippen LogP) is 4.15. The fourth-order valence-corrected chi connectivity index (χ4v) is 2.28. The zero-order valence-corrected chi connectivity index (χ0v) is 11.4. The van der Waals surface area contributed by atoms with Gasteiger partial charge in [0.15, 0.2) is 11.5 Å². The molecule has 1 unspecified atom stereocenters. The minimum absolute atomic E-state index is 0.0101. The molecule has 22 heavy (non-hydrogen) atoms. The van der Waals surface area contributed by atoms with E-state index in [0.717, 1.165) is 18.9 Å². The summed E-state index contributed by atoms with van der Waals surface area (Å²) in [6, 6.07) is 2.75. The van der Waals surface area contributed by atoms with Gasteiger partial charge in [-0.25, -0.2) is 0 Å². The Hall–Kier alpha value is -1.64. The number of rotatable bonds is 5. The fraction of sp³-hybridized carbons (Fsp3) is 0.538. The highest BCUT2D eigenvalue weighted by Gasteiger charge is 2.40. The first-order valence-electron chi connectivity index (χ1n) is 6.42. The molecule has 0 spiro atoms. The summed E-state index contributed by atoms with van der Waals surface area (Å²) in [6.45, 7) is 0. The summed E-state index contributed by atoms with van der Waals surface area (Å²) >= 11 is 0. The van der Waals surface area contributed by atoms with Gasteiger partial charge < -0.3 is 14.8 Å². The summed E-state index contributed by atoms with van der Waals surface area (Å²) in [7, 11) is 1.53. The van der Waals surface area contributed by atoms with Crippen molar-refractivity contribution in [1.82, 2.24) is 5.32 Å². The molecule has 2 rings (SSSR count). The highest BCUT2D eigenvalue weighted by Crippen LogP contribution is 2.47. The Labute approximate surface area is 122 Å². The molecular weight excluding hydrogens is 316 g/mol. The van der Waals surface area contributed by atoms with Crippen LogP contribution in [0.3, 0.4) is 0 Å². The molecular formula is C13H13F6NO2. The van der Waals surface area contributed by atoms with Crippen molar-refractivity contribution in [2.45, 2.75) is 31.6 Å². The summed E-state index contributed by atoms with van der Waals surface area (Å²) in [4.78, 5) is 0. The Kier molecular flexibility index (Phi) is 4.46. The van der Waals surface area contributed by atoms with Crippen LogP contribution in [0.5, 0.6) is 11.5 Å². The van der Waals surface area contributed by atoms with E-state index in [4.69, 9.17) is 0 Å². The molecule has 1 aromatic rings. The Morgan fingerprint density at radius 2 is 1.64 bits per heavy atom. The van der Waals surface area contributed by atoms with Gasteiger partial charge in [0.25, 0.3) is 0 Å². The Morgan fingerprint density at radius 1 is 1.05 bits per heavy atom. The van der Waals surface area contributed by atoms with Gasteiger partial charge in [-0.2, -0.15) is 0 Å². The SMILES string of the molecule is CNC(c1cccc(OC(F)(F)F)c1OC(F)(F)F)C1CC1. The van der Waals surface area contributed by atoms with Crippen molar-refractivity contribution in [2.24, 2.45) is 5.92 Å². The first-order valence-corrected chi connectivity index (χ1v) is 6.42. The summed E-state index contributed by atoms with van der Waals surface area (Å²) in [5.74, 6) is -1.91. The molecule has 1 aromatic carbocycles. The van der Waals surface area contributed by atoms with Crippen molar-refractivity contribution in [3.8, 4) is 11.5 Å². The Morgan fingerprint density at radius 3 is 2.09 bits per heavy atom. The Bertz CT molecular complexity index is 524. The summed E-state index contributed by atoms with van der Waals surface area (Å²) in [5, 5.41) is 2.81. The monoisotopic (exact) mass is 329 g/mol. The van der Waals surface area contributed by atoms with Crippen LogP contribution in [0.25, 0.3) is 0 Å². The van der Waals surface area contributed by atoms with Gasteiger partial charge in [-0.05, 0) is 31.9 Å². The van der Waals surface area contributed by atoms with E-state index in [9.17, 15) is 26.3 Å². The van der Waals surface area contributed by atoms with E-state index in [2.05, 4.69) is 14.8 Å². The number of hydrogen-bond donors (Lipinski definition) is 1. The smallest absolute Gasteiger partial charge is 0.402 e. The predicted molar refractivity (Wildman–Crippen MR) is 64.3 cm³/mol. The second-order valence-corrected chi connectivity index (χ2v) is 4.87. The minimum atomic E-state index is -5.12. The van der Waals surface area contributed by atoms with E-state index in [1.807, 2.05) is 0 Å². The first kappa shape index (κ1) is 16.7.